The van der Waals surface area contributed by atoms with E-state index in [2.05, 4.69) is 83.2 Å². The van der Waals surface area contributed by atoms with Crippen molar-refractivity contribution in [1.29, 1.82) is 0 Å². The minimum Gasteiger partial charge on any atom is -0.366 e. The lowest BCUT2D eigenvalue weighted by Crippen LogP contribution is -2.25. The Balaban J connectivity index is 1.60. The minimum atomic E-state index is 0.138. The predicted octanol–water partition coefficient (Wildman–Crippen LogP) is 5.55. The van der Waals surface area contributed by atoms with Crippen LogP contribution in [0, 0.1) is 0 Å². The van der Waals surface area contributed by atoms with Gasteiger partial charge in [-0.05, 0) is 55.7 Å². The summed E-state index contributed by atoms with van der Waals surface area (Å²) in [7, 11) is 4.34. The van der Waals surface area contributed by atoms with Crippen molar-refractivity contribution in [2.45, 2.75) is 57.9 Å². The van der Waals surface area contributed by atoms with Crippen molar-refractivity contribution >= 4 is 23.0 Å². The van der Waals surface area contributed by atoms with E-state index in [-0.39, 0.29) is 6.04 Å². The number of hydrogen-bond donors (Lipinski definition) is 0. The fraction of sp³-hybridized carbons (Fsp3) is 0.500. The maximum absolute atomic E-state index is 5.12. The molecule has 1 atom stereocenters. The van der Waals surface area contributed by atoms with Gasteiger partial charge in [0.2, 0.25) is 0 Å². The average Bonchev–Trinajstić information content (AvgIpc) is 3.53. The van der Waals surface area contributed by atoms with E-state index in [1.54, 1.807) is 0 Å². The molecule has 180 valence electrons. The Morgan fingerprint density at radius 3 is 2.56 bits per heavy atom. The quantitative estimate of drug-likeness (QED) is 0.504. The smallest absolute Gasteiger partial charge is 0.160 e. The van der Waals surface area contributed by atoms with E-state index >= 15 is 0 Å². The molecule has 5 rings (SSSR count). The zero-order valence-corrected chi connectivity index (χ0v) is 21.0. The molecule has 1 aromatic carbocycles. The number of fused-ring (bicyclic) bond motifs is 3. The first-order chi connectivity index (χ1) is 16.5. The van der Waals surface area contributed by atoms with Gasteiger partial charge in [0.05, 0.1) is 11.7 Å². The number of aromatic nitrogens is 3. The molecule has 6 nitrogen and oxygen atoms in total. The summed E-state index contributed by atoms with van der Waals surface area (Å²) < 4.78 is 2.06. The highest BCUT2D eigenvalue weighted by Crippen LogP contribution is 2.32. The molecule has 6 heteroatoms. The first-order valence-electron chi connectivity index (χ1n) is 12.9. The normalized spacial score (nSPS) is 20.0. The van der Waals surface area contributed by atoms with E-state index in [9.17, 15) is 0 Å². The number of anilines is 2. The van der Waals surface area contributed by atoms with Gasteiger partial charge in [0.25, 0.3) is 0 Å². The van der Waals surface area contributed by atoms with Crippen molar-refractivity contribution in [2.24, 2.45) is 0 Å². The number of benzene rings is 1. The Bertz CT molecular complexity index is 1160. The molecule has 0 aliphatic carbocycles. The maximum atomic E-state index is 5.12. The first kappa shape index (κ1) is 22.8. The SMILES string of the molecule is C=C1c2cccc(c2)CCCCCN(C)c2cc(N3CCCC3)nc3cc(nn23)C(CC)N1C. The molecule has 34 heavy (non-hydrogen) atoms. The van der Waals surface area contributed by atoms with Gasteiger partial charge < -0.3 is 14.7 Å². The molecule has 2 aliphatic heterocycles. The van der Waals surface area contributed by atoms with Gasteiger partial charge in [-0.25, -0.2) is 4.98 Å². The third-order valence-electron chi connectivity index (χ3n) is 7.58. The summed E-state index contributed by atoms with van der Waals surface area (Å²) in [6, 6.07) is 13.5. The lowest BCUT2D eigenvalue weighted by atomic mass is 10.0. The van der Waals surface area contributed by atoms with E-state index < -0.39 is 0 Å². The monoisotopic (exact) mass is 458 g/mol. The second-order valence-electron chi connectivity index (χ2n) is 9.92. The largest absolute Gasteiger partial charge is 0.366 e. The number of rotatable bonds is 2. The van der Waals surface area contributed by atoms with Crippen molar-refractivity contribution in [3.63, 3.8) is 0 Å². The van der Waals surface area contributed by atoms with Crippen LogP contribution in [0.3, 0.4) is 0 Å². The van der Waals surface area contributed by atoms with Crippen LogP contribution in [0.25, 0.3) is 11.3 Å². The first-order valence-corrected chi connectivity index (χ1v) is 12.9. The van der Waals surface area contributed by atoms with Crippen molar-refractivity contribution in [3.05, 3.63) is 59.8 Å². The summed E-state index contributed by atoms with van der Waals surface area (Å²) in [5, 5.41) is 5.12. The molecule has 0 saturated carbocycles. The van der Waals surface area contributed by atoms with Crippen LogP contribution in [0.1, 0.15) is 68.3 Å². The highest BCUT2D eigenvalue weighted by Gasteiger charge is 2.24. The molecule has 4 heterocycles. The van der Waals surface area contributed by atoms with E-state index in [0.29, 0.717) is 0 Å². The summed E-state index contributed by atoms with van der Waals surface area (Å²) in [4.78, 5) is 12.1. The molecule has 2 aromatic heterocycles. The molecule has 0 spiro atoms. The third-order valence-corrected chi connectivity index (χ3v) is 7.58. The zero-order valence-electron chi connectivity index (χ0n) is 21.0. The molecule has 3 aromatic rings. The number of nitrogens with zero attached hydrogens (tertiary/aromatic N) is 6. The van der Waals surface area contributed by atoms with Crippen LogP contribution in [0.2, 0.25) is 0 Å². The van der Waals surface area contributed by atoms with Gasteiger partial charge in [0.1, 0.15) is 11.6 Å². The summed E-state index contributed by atoms with van der Waals surface area (Å²) >= 11 is 0. The number of hydrogen-bond acceptors (Lipinski definition) is 5. The Morgan fingerprint density at radius 1 is 0.971 bits per heavy atom. The Morgan fingerprint density at radius 2 is 1.76 bits per heavy atom. The van der Waals surface area contributed by atoms with Crippen molar-refractivity contribution < 1.29 is 0 Å². The molecule has 1 fully saturated rings. The zero-order chi connectivity index (χ0) is 23.7. The molecule has 4 bridgehead atoms. The summed E-state index contributed by atoms with van der Waals surface area (Å²) in [5.41, 5.74) is 5.62. The molecule has 0 amide bonds. The van der Waals surface area contributed by atoms with Crippen LogP contribution in [-0.4, -0.2) is 53.2 Å². The standard InChI is InChI=1S/C28H38N6/c1-5-25-24-19-27-29-26(33-16-9-10-17-33)20-28(34(27)30-24)31(3)15-8-6-7-12-22-13-11-14-23(18-22)21(2)32(25)4/h11,13-14,18-20,25H,2,5-10,12,15-17H2,1,3-4H3. The summed E-state index contributed by atoms with van der Waals surface area (Å²) in [6.45, 7) is 9.90. The topological polar surface area (TPSA) is 39.9 Å². The van der Waals surface area contributed by atoms with E-state index in [4.69, 9.17) is 10.1 Å². The van der Waals surface area contributed by atoms with Gasteiger partial charge in [-0.3, -0.25) is 0 Å². The molecule has 0 N–H and O–H groups in total. The predicted molar refractivity (Wildman–Crippen MR) is 142 cm³/mol. The second-order valence-corrected chi connectivity index (χ2v) is 9.92. The fourth-order valence-electron chi connectivity index (χ4n) is 5.46. The molecule has 2 aliphatic rings. The summed E-state index contributed by atoms with van der Waals surface area (Å²) in [5.74, 6) is 2.21. The van der Waals surface area contributed by atoms with Gasteiger partial charge in [-0.15, -0.1) is 0 Å². The molecular formula is C28H38N6. The second kappa shape index (κ2) is 9.69. The third kappa shape index (κ3) is 4.38. The molecular weight excluding hydrogens is 420 g/mol. The van der Waals surface area contributed by atoms with Gasteiger partial charge in [-0.2, -0.15) is 9.61 Å². The average molecular weight is 459 g/mol. The van der Waals surface area contributed by atoms with Crippen molar-refractivity contribution in [3.8, 4) is 0 Å². The fourth-order valence-corrected chi connectivity index (χ4v) is 5.46. The highest BCUT2D eigenvalue weighted by molar-refractivity contribution is 5.64. The van der Waals surface area contributed by atoms with Crippen LogP contribution in [0.4, 0.5) is 11.6 Å². The van der Waals surface area contributed by atoms with E-state index in [0.717, 1.165) is 61.1 Å². The summed E-state index contributed by atoms with van der Waals surface area (Å²) in [6.07, 6.45) is 8.13. The highest BCUT2D eigenvalue weighted by atomic mass is 15.4. The van der Waals surface area contributed by atoms with Crippen LogP contribution in [-0.2, 0) is 6.42 Å². The van der Waals surface area contributed by atoms with Crippen LogP contribution >= 0.6 is 0 Å². The Hall–Kier alpha value is -3.02. The Labute approximate surface area is 203 Å². The lowest BCUT2D eigenvalue weighted by Gasteiger charge is -2.30. The molecule has 0 radical (unpaired) electrons. The van der Waals surface area contributed by atoms with E-state index in [1.807, 2.05) is 0 Å². The molecule has 1 unspecified atom stereocenters. The van der Waals surface area contributed by atoms with Gasteiger partial charge in [0, 0.05) is 51.6 Å². The van der Waals surface area contributed by atoms with Crippen LogP contribution in [0.15, 0.2) is 43.0 Å². The van der Waals surface area contributed by atoms with Gasteiger partial charge in [0.15, 0.2) is 5.65 Å². The van der Waals surface area contributed by atoms with Crippen molar-refractivity contribution in [1.82, 2.24) is 19.5 Å². The maximum Gasteiger partial charge on any atom is 0.160 e. The van der Waals surface area contributed by atoms with Crippen LogP contribution in [0.5, 0.6) is 0 Å². The minimum absolute atomic E-state index is 0.138. The lowest BCUT2D eigenvalue weighted by molar-refractivity contribution is 0.339. The molecule has 1 saturated heterocycles. The van der Waals surface area contributed by atoms with Gasteiger partial charge >= 0.3 is 0 Å². The number of aryl methyl sites for hydroxylation is 1. The van der Waals surface area contributed by atoms with Crippen molar-refractivity contribution in [2.75, 3.05) is 43.5 Å². The Kier molecular flexibility index (Phi) is 6.48. The van der Waals surface area contributed by atoms with Gasteiger partial charge in [-0.1, -0.05) is 38.1 Å². The van der Waals surface area contributed by atoms with Crippen LogP contribution < -0.4 is 9.80 Å². The van der Waals surface area contributed by atoms with E-state index in [1.165, 1.54) is 43.2 Å².